The monoisotopic (exact) mass is 799 g/mol. The predicted molar refractivity (Wildman–Crippen MR) is 230 cm³/mol. The van der Waals surface area contributed by atoms with Crippen LogP contribution in [0.5, 0.6) is 11.5 Å². The van der Waals surface area contributed by atoms with Crippen molar-refractivity contribution < 1.29 is 33.3 Å². The maximum Gasteiger partial charge on any atom is 0.408 e. The van der Waals surface area contributed by atoms with Crippen LogP contribution >= 0.6 is 0 Å². The third-order valence-electron chi connectivity index (χ3n) is 9.30. The Morgan fingerprint density at radius 1 is 0.525 bits per heavy atom. The van der Waals surface area contributed by atoms with Crippen LogP contribution in [0.4, 0.5) is 4.79 Å². The second kappa shape index (κ2) is 22.1. The summed E-state index contributed by atoms with van der Waals surface area (Å²) in [4.78, 5) is 41.1. The summed E-state index contributed by atoms with van der Waals surface area (Å²) in [6.07, 6.45) is -0.109. The molecule has 59 heavy (non-hydrogen) atoms. The first-order chi connectivity index (χ1) is 28.4. The Labute approximate surface area is 348 Å². The second-order valence-electron chi connectivity index (χ2n) is 15.9. The maximum atomic E-state index is 14.1. The van der Waals surface area contributed by atoms with Gasteiger partial charge in [0, 0.05) is 6.42 Å². The highest BCUT2D eigenvalue weighted by atomic mass is 16.6. The van der Waals surface area contributed by atoms with Gasteiger partial charge in [-0.25, -0.2) is 4.79 Å². The quantitative estimate of drug-likeness (QED) is 0.0723. The summed E-state index contributed by atoms with van der Waals surface area (Å²) in [5, 5.41) is 8.83. The van der Waals surface area contributed by atoms with Gasteiger partial charge in [0.05, 0.1) is 19.3 Å². The molecule has 3 amide bonds. The summed E-state index contributed by atoms with van der Waals surface area (Å²) in [6, 6.07) is 42.5. The van der Waals surface area contributed by atoms with E-state index in [1.165, 1.54) is 0 Å². The number of nitrogens with one attached hydrogen (secondary N) is 3. The number of hydrogen-bond donors (Lipinski definition) is 3. The highest BCUT2D eigenvalue weighted by Crippen LogP contribution is 2.18. The fraction of sp³-hybridized carbons (Fsp3) is 0.327. The Balaban J connectivity index is 1.26. The van der Waals surface area contributed by atoms with E-state index in [4.69, 9.17) is 18.9 Å². The van der Waals surface area contributed by atoms with Gasteiger partial charge in [-0.05, 0) is 85.2 Å². The largest absolute Gasteiger partial charge is 0.489 e. The summed E-state index contributed by atoms with van der Waals surface area (Å²) in [6.45, 7) is 10.5. The minimum absolute atomic E-state index is 0.150. The van der Waals surface area contributed by atoms with Crippen LogP contribution in [0.15, 0.2) is 140 Å². The van der Waals surface area contributed by atoms with Crippen molar-refractivity contribution in [2.75, 3.05) is 6.61 Å². The lowest BCUT2D eigenvalue weighted by Crippen LogP contribution is -2.57. The first-order valence-electron chi connectivity index (χ1n) is 20.1. The van der Waals surface area contributed by atoms with Crippen LogP contribution in [0.25, 0.3) is 0 Å². The molecule has 3 atom stereocenters. The van der Waals surface area contributed by atoms with Gasteiger partial charge in [0.15, 0.2) is 0 Å². The van der Waals surface area contributed by atoms with Crippen molar-refractivity contribution in [2.24, 2.45) is 5.92 Å². The molecular weight excluding hydrogens is 743 g/mol. The lowest BCUT2D eigenvalue weighted by Gasteiger charge is -2.28. The van der Waals surface area contributed by atoms with Crippen LogP contribution < -0.4 is 25.4 Å². The molecule has 0 aliphatic rings. The van der Waals surface area contributed by atoms with Crippen LogP contribution in [0.1, 0.15) is 62.4 Å². The predicted octanol–water partition coefficient (Wildman–Crippen LogP) is 8.37. The Hall–Kier alpha value is -6.13. The highest BCUT2D eigenvalue weighted by Gasteiger charge is 2.31. The molecular formula is C49H57N3O7. The third-order valence-corrected chi connectivity index (χ3v) is 9.30. The van der Waals surface area contributed by atoms with Gasteiger partial charge in [-0.3, -0.25) is 9.59 Å². The number of rotatable bonds is 20. The van der Waals surface area contributed by atoms with E-state index in [-0.39, 0.29) is 24.9 Å². The molecule has 0 radical (unpaired) electrons. The molecule has 5 aromatic rings. The van der Waals surface area contributed by atoms with Crippen molar-refractivity contribution in [3.05, 3.63) is 167 Å². The molecule has 3 N–H and O–H groups in total. The zero-order valence-electron chi connectivity index (χ0n) is 34.7. The number of alkyl carbamates (subject to hydrolysis) is 1. The molecule has 0 fully saturated rings. The van der Waals surface area contributed by atoms with Crippen molar-refractivity contribution in [3.8, 4) is 11.5 Å². The van der Waals surface area contributed by atoms with Gasteiger partial charge < -0.3 is 34.9 Å². The summed E-state index contributed by atoms with van der Waals surface area (Å²) in [5.74, 6) is 0.250. The molecule has 0 bridgehead atoms. The van der Waals surface area contributed by atoms with Crippen LogP contribution in [0, 0.1) is 5.92 Å². The topological polar surface area (TPSA) is 124 Å². The van der Waals surface area contributed by atoms with Crippen molar-refractivity contribution in [2.45, 2.75) is 91.0 Å². The summed E-state index contributed by atoms with van der Waals surface area (Å²) < 4.78 is 23.6. The molecule has 5 aromatic carbocycles. The average Bonchev–Trinajstić information content (AvgIpc) is 3.22. The summed E-state index contributed by atoms with van der Waals surface area (Å²) in [7, 11) is 0. The SMILES string of the molecule is CC(C)[C@H](NC(=O)[C@H](Cc1ccc(OCc2ccccc2)cc1)NC(=O)OC(C)(C)C)C(=O)N[C@H](COCc1ccccc1)Cc1ccc(OCc2ccccc2)cc1. The van der Waals surface area contributed by atoms with Crippen LogP contribution in [0.3, 0.4) is 0 Å². The molecule has 10 nitrogen and oxygen atoms in total. The molecule has 0 spiro atoms. The van der Waals surface area contributed by atoms with E-state index in [9.17, 15) is 14.4 Å². The van der Waals surface area contributed by atoms with Crippen LogP contribution in [0.2, 0.25) is 0 Å². The first kappa shape index (κ1) is 44.0. The molecule has 310 valence electrons. The van der Waals surface area contributed by atoms with Gasteiger partial charge in [0.2, 0.25) is 11.8 Å². The lowest BCUT2D eigenvalue weighted by atomic mass is 10.00. The van der Waals surface area contributed by atoms with E-state index in [0.29, 0.717) is 32.0 Å². The summed E-state index contributed by atoms with van der Waals surface area (Å²) >= 11 is 0. The molecule has 0 unspecified atom stereocenters. The number of ether oxygens (including phenoxy) is 4. The minimum Gasteiger partial charge on any atom is -0.489 e. The summed E-state index contributed by atoms with van der Waals surface area (Å²) in [5.41, 5.74) is 4.12. The van der Waals surface area contributed by atoms with Gasteiger partial charge >= 0.3 is 6.09 Å². The molecule has 0 heterocycles. The fourth-order valence-corrected chi connectivity index (χ4v) is 6.23. The number of amides is 3. The molecule has 0 aliphatic heterocycles. The van der Waals surface area contributed by atoms with E-state index < -0.39 is 35.7 Å². The lowest BCUT2D eigenvalue weighted by molar-refractivity contribution is -0.131. The fourth-order valence-electron chi connectivity index (χ4n) is 6.23. The molecule has 0 aromatic heterocycles. The van der Waals surface area contributed by atoms with Crippen molar-refractivity contribution in [3.63, 3.8) is 0 Å². The van der Waals surface area contributed by atoms with Crippen LogP contribution in [-0.4, -0.2) is 48.2 Å². The van der Waals surface area contributed by atoms with Crippen molar-refractivity contribution in [1.29, 1.82) is 0 Å². The Morgan fingerprint density at radius 2 is 0.983 bits per heavy atom. The van der Waals surface area contributed by atoms with Gasteiger partial charge in [-0.2, -0.15) is 0 Å². The van der Waals surface area contributed by atoms with E-state index in [1.807, 2.05) is 153 Å². The maximum absolute atomic E-state index is 14.1. The third kappa shape index (κ3) is 15.6. The van der Waals surface area contributed by atoms with Gasteiger partial charge in [0.1, 0.15) is 42.4 Å². The smallest absolute Gasteiger partial charge is 0.408 e. The zero-order valence-corrected chi connectivity index (χ0v) is 34.7. The van der Waals surface area contributed by atoms with Gasteiger partial charge in [0.25, 0.3) is 0 Å². The first-order valence-corrected chi connectivity index (χ1v) is 20.1. The highest BCUT2D eigenvalue weighted by molar-refractivity contribution is 5.91. The molecule has 0 saturated heterocycles. The Bertz CT molecular complexity index is 2020. The number of hydrogen-bond acceptors (Lipinski definition) is 7. The number of carbonyl (C=O) groups excluding carboxylic acids is 3. The zero-order chi connectivity index (χ0) is 42.0. The number of benzene rings is 5. The van der Waals surface area contributed by atoms with E-state index in [2.05, 4.69) is 16.0 Å². The van der Waals surface area contributed by atoms with Crippen molar-refractivity contribution in [1.82, 2.24) is 16.0 Å². The minimum atomic E-state index is -1.04. The average molecular weight is 800 g/mol. The van der Waals surface area contributed by atoms with Crippen LogP contribution in [-0.2, 0) is 51.7 Å². The second-order valence-corrected chi connectivity index (χ2v) is 15.9. The number of carbonyl (C=O) groups is 3. The standard InChI is InChI=1S/C49H57N3O7/c1-35(2)45(52-46(53)44(51-48(55)59-49(3,4)5)30-37-23-27-43(28-24-37)58-33-40-19-13-8-14-20-40)47(54)50-41(34-56-31-38-15-9-6-10-16-38)29-36-21-25-42(26-22-36)57-32-39-17-11-7-12-18-39/h6-28,35,41,44-45H,29-34H2,1-5H3,(H,50,54)(H,51,55)(H,52,53)/t41-,44-,45-/m0/s1. The Morgan fingerprint density at radius 3 is 1.44 bits per heavy atom. The molecule has 0 saturated carbocycles. The normalized spacial score (nSPS) is 12.8. The molecule has 5 rings (SSSR count). The van der Waals surface area contributed by atoms with E-state index in [1.54, 1.807) is 20.8 Å². The van der Waals surface area contributed by atoms with Crippen molar-refractivity contribution >= 4 is 17.9 Å². The Kier molecular flexibility index (Phi) is 16.5. The molecule has 0 aliphatic carbocycles. The van der Waals surface area contributed by atoms with Gasteiger partial charge in [-0.15, -0.1) is 0 Å². The van der Waals surface area contributed by atoms with Gasteiger partial charge in [-0.1, -0.05) is 129 Å². The van der Waals surface area contributed by atoms with E-state index in [0.717, 1.165) is 33.6 Å². The molecule has 10 heteroatoms. The van der Waals surface area contributed by atoms with E-state index >= 15 is 0 Å².